The normalized spacial score (nSPS) is 12.5. The van der Waals surface area contributed by atoms with Gasteiger partial charge in [0.2, 0.25) is 0 Å². The van der Waals surface area contributed by atoms with Crippen molar-refractivity contribution in [2.24, 2.45) is 5.73 Å². The van der Waals surface area contributed by atoms with Crippen molar-refractivity contribution >= 4 is 35.2 Å². The molecule has 28 heavy (non-hydrogen) atoms. The number of nitrogens with one attached hydrogen (secondary N) is 1. The average molecular weight is 404 g/mol. The Balaban J connectivity index is 2.01. The van der Waals surface area contributed by atoms with Crippen LogP contribution < -0.4 is 16.0 Å². The lowest BCUT2D eigenvalue weighted by molar-refractivity contribution is -0.154. The fourth-order valence-electron chi connectivity index (χ4n) is 2.63. The zero-order chi connectivity index (χ0) is 20.7. The van der Waals surface area contributed by atoms with Crippen LogP contribution in [0.2, 0.25) is 5.02 Å². The van der Waals surface area contributed by atoms with Crippen molar-refractivity contribution < 1.29 is 19.1 Å². The fourth-order valence-corrected chi connectivity index (χ4v) is 2.76. The summed E-state index contributed by atoms with van der Waals surface area (Å²) in [6, 6.07) is 14.2. The average Bonchev–Trinajstić information content (AvgIpc) is 2.67. The van der Waals surface area contributed by atoms with Gasteiger partial charge in [0.1, 0.15) is 0 Å². The Morgan fingerprint density at radius 2 is 1.71 bits per heavy atom. The van der Waals surface area contributed by atoms with Gasteiger partial charge in [0, 0.05) is 17.8 Å². The first-order chi connectivity index (χ1) is 13.3. The molecule has 2 atom stereocenters. The molecule has 0 aliphatic rings. The van der Waals surface area contributed by atoms with Crippen molar-refractivity contribution in [3.05, 3.63) is 65.2 Å². The summed E-state index contributed by atoms with van der Waals surface area (Å²) in [5, 5.41) is 3.02. The van der Waals surface area contributed by atoms with Crippen LogP contribution in [0.15, 0.2) is 54.6 Å². The Morgan fingerprint density at radius 1 is 1.11 bits per heavy atom. The number of nitrogens with two attached hydrogens (primary N) is 1. The van der Waals surface area contributed by atoms with Crippen LogP contribution in [0, 0.1) is 0 Å². The highest BCUT2D eigenvalue weighted by Crippen LogP contribution is 2.21. The molecule has 7 nitrogen and oxygen atoms in total. The highest BCUT2D eigenvalue weighted by atomic mass is 35.5. The molecule has 2 rings (SSSR count). The summed E-state index contributed by atoms with van der Waals surface area (Å²) in [6.45, 7) is 1.50. The third kappa shape index (κ3) is 5.99. The second kappa shape index (κ2) is 9.75. The van der Waals surface area contributed by atoms with E-state index in [1.807, 2.05) is 18.2 Å². The second-order valence-electron chi connectivity index (χ2n) is 6.18. The van der Waals surface area contributed by atoms with Gasteiger partial charge in [-0.1, -0.05) is 41.9 Å². The number of hydrogen-bond acceptors (Lipinski definition) is 4. The van der Waals surface area contributed by atoms with E-state index >= 15 is 0 Å². The Hall–Kier alpha value is -3.06. The molecule has 3 amide bonds. The van der Waals surface area contributed by atoms with Crippen LogP contribution in [0.25, 0.3) is 0 Å². The summed E-state index contributed by atoms with van der Waals surface area (Å²) in [4.78, 5) is 37.5. The Morgan fingerprint density at radius 3 is 2.29 bits per heavy atom. The largest absolute Gasteiger partial charge is 0.452 e. The number of amides is 3. The third-order valence-electron chi connectivity index (χ3n) is 4.09. The number of rotatable bonds is 7. The van der Waals surface area contributed by atoms with Crippen molar-refractivity contribution in [1.82, 2.24) is 5.32 Å². The maximum absolute atomic E-state index is 12.5. The highest BCUT2D eigenvalue weighted by molar-refractivity contribution is 6.30. The minimum Gasteiger partial charge on any atom is -0.452 e. The standard InChI is InChI=1S/C20H22ClN3O4/c1-13(19(26)24(2)16-6-4-3-5-7-16)28-18(25)12-17(23-20(22)27)14-8-10-15(21)11-9-14/h3-11,13,17H,12H2,1-2H3,(H3,22,23,27)/t13-,17-/m1/s1. The van der Waals surface area contributed by atoms with Crippen molar-refractivity contribution in [1.29, 1.82) is 0 Å². The molecule has 0 aromatic heterocycles. The summed E-state index contributed by atoms with van der Waals surface area (Å²) in [5.74, 6) is -1.01. The van der Waals surface area contributed by atoms with E-state index in [-0.39, 0.29) is 12.3 Å². The van der Waals surface area contributed by atoms with E-state index in [4.69, 9.17) is 22.1 Å². The summed E-state index contributed by atoms with van der Waals surface area (Å²) < 4.78 is 5.26. The Kier molecular flexibility index (Phi) is 7.40. The molecule has 0 saturated carbocycles. The van der Waals surface area contributed by atoms with E-state index in [0.717, 1.165) is 0 Å². The number of primary amides is 1. The van der Waals surface area contributed by atoms with Gasteiger partial charge < -0.3 is 20.7 Å². The number of carbonyl (C=O) groups is 3. The molecule has 3 N–H and O–H groups in total. The van der Waals surface area contributed by atoms with E-state index in [1.165, 1.54) is 11.8 Å². The van der Waals surface area contributed by atoms with Crippen molar-refractivity contribution in [3.63, 3.8) is 0 Å². The van der Waals surface area contributed by atoms with Crippen LogP contribution in [0.4, 0.5) is 10.5 Å². The number of benzene rings is 2. The molecule has 0 spiro atoms. The van der Waals surface area contributed by atoms with E-state index in [2.05, 4.69) is 5.32 Å². The van der Waals surface area contributed by atoms with Gasteiger partial charge in [-0.15, -0.1) is 0 Å². The minimum absolute atomic E-state index is 0.183. The number of para-hydroxylation sites is 1. The quantitative estimate of drug-likeness (QED) is 0.693. The topological polar surface area (TPSA) is 102 Å². The number of nitrogens with zero attached hydrogens (tertiary/aromatic N) is 1. The third-order valence-corrected chi connectivity index (χ3v) is 4.34. The predicted octanol–water partition coefficient (Wildman–Crippen LogP) is 3.03. The number of carbonyl (C=O) groups excluding carboxylic acids is 3. The van der Waals surface area contributed by atoms with Gasteiger partial charge in [-0.2, -0.15) is 0 Å². The molecule has 0 radical (unpaired) electrons. The van der Waals surface area contributed by atoms with Gasteiger partial charge in [0.15, 0.2) is 6.10 Å². The minimum atomic E-state index is -0.989. The first-order valence-corrected chi connectivity index (χ1v) is 8.99. The lowest BCUT2D eigenvalue weighted by Crippen LogP contribution is -2.39. The van der Waals surface area contributed by atoms with Crippen LogP contribution in [0.1, 0.15) is 24.9 Å². The zero-order valence-corrected chi connectivity index (χ0v) is 16.3. The number of urea groups is 1. The van der Waals surface area contributed by atoms with Crippen LogP contribution >= 0.6 is 11.6 Å². The molecule has 0 heterocycles. The zero-order valence-electron chi connectivity index (χ0n) is 15.6. The molecule has 0 saturated heterocycles. The maximum atomic E-state index is 12.5. The van der Waals surface area contributed by atoms with E-state index in [1.54, 1.807) is 43.4 Å². The monoisotopic (exact) mass is 403 g/mol. The van der Waals surface area contributed by atoms with Gasteiger partial charge in [0.25, 0.3) is 5.91 Å². The molecule has 2 aromatic rings. The molecule has 0 aliphatic heterocycles. The Labute approximate surface area is 168 Å². The molecule has 0 unspecified atom stereocenters. The van der Waals surface area contributed by atoms with E-state index < -0.39 is 24.1 Å². The molecular formula is C20H22ClN3O4. The first-order valence-electron chi connectivity index (χ1n) is 8.61. The van der Waals surface area contributed by atoms with Crippen LogP contribution in [-0.2, 0) is 14.3 Å². The number of anilines is 1. The molecule has 2 aromatic carbocycles. The molecule has 0 aliphatic carbocycles. The van der Waals surface area contributed by atoms with Crippen LogP contribution in [0.5, 0.6) is 0 Å². The number of ether oxygens (including phenoxy) is 1. The lowest BCUT2D eigenvalue weighted by Gasteiger charge is -2.23. The van der Waals surface area contributed by atoms with Crippen molar-refractivity contribution in [2.75, 3.05) is 11.9 Å². The molecule has 0 bridgehead atoms. The fraction of sp³-hybridized carbons (Fsp3) is 0.250. The molecule has 8 heteroatoms. The molecular weight excluding hydrogens is 382 g/mol. The summed E-state index contributed by atoms with van der Waals surface area (Å²) >= 11 is 5.87. The number of halogens is 1. The lowest BCUT2D eigenvalue weighted by atomic mass is 10.0. The smallest absolute Gasteiger partial charge is 0.312 e. The second-order valence-corrected chi connectivity index (χ2v) is 6.62. The van der Waals surface area contributed by atoms with Gasteiger partial charge in [0.05, 0.1) is 12.5 Å². The van der Waals surface area contributed by atoms with Gasteiger partial charge in [-0.05, 0) is 36.8 Å². The van der Waals surface area contributed by atoms with E-state index in [9.17, 15) is 14.4 Å². The Bertz CT molecular complexity index is 827. The number of hydrogen-bond donors (Lipinski definition) is 2. The van der Waals surface area contributed by atoms with Gasteiger partial charge in [-0.25, -0.2) is 4.79 Å². The summed E-state index contributed by atoms with van der Waals surface area (Å²) in [6.07, 6.45) is -1.17. The highest BCUT2D eigenvalue weighted by Gasteiger charge is 2.25. The van der Waals surface area contributed by atoms with Gasteiger partial charge >= 0.3 is 12.0 Å². The predicted molar refractivity (Wildman–Crippen MR) is 107 cm³/mol. The van der Waals surface area contributed by atoms with Crippen LogP contribution in [-0.4, -0.2) is 31.1 Å². The van der Waals surface area contributed by atoms with Gasteiger partial charge in [-0.3, -0.25) is 9.59 Å². The number of likely N-dealkylation sites (N-methyl/N-ethyl adjacent to an activating group) is 1. The van der Waals surface area contributed by atoms with Crippen LogP contribution in [0.3, 0.4) is 0 Å². The molecule has 0 fully saturated rings. The first kappa shape index (κ1) is 21.2. The molecule has 148 valence electrons. The maximum Gasteiger partial charge on any atom is 0.312 e. The van der Waals surface area contributed by atoms with Crippen molar-refractivity contribution in [3.8, 4) is 0 Å². The summed E-state index contributed by atoms with van der Waals surface area (Å²) in [5.41, 5.74) is 6.53. The number of esters is 1. The van der Waals surface area contributed by atoms with Crippen molar-refractivity contribution in [2.45, 2.75) is 25.5 Å². The van der Waals surface area contributed by atoms with E-state index in [0.29, 0.717) is 16.3 Å². The summed E-state index contributed by atoms with van der Waals surface area (Å²) in [7, 11) is 1.60. The SMILES string of the molecule is C[C@@H](OC(=O)C[C@@H](NC(N)=O)c1ccc(Cl)cc1)C(=O)N(C)c1ccccc1.